The number of rotatable bonds is 5. The van der Waals surface area contributed by atoms with Crippen LogP contribution in [0.15, 0.2) is 60.0 Å². The van der Waals surface area contributed by atoms with Gasteiger partial charge in [-0.1, -0.05) is 36.4 Å². The van der Waals surface area contributed by atoms with Gasteiger partial charge in [-0.15, -0.1) is 11.3 Å². The molecule has 0 unspecified atom stereocenters. The molecule has 1 heterocycles. The van der Waals surface area contributed by atoms with Crippen molar-refractivity contribution in [3.63, 3.8) is 0 Å². The summed E-state index contributed by atoms with van der Waals surface area (Å²) < 4.78 is 0. The Balaban J connectivity index is 1.72. The lowest BCUT2D eigenvalue weighted by Crippen LogP contribution is -3.06. The third-order valence-corrected chi connectivity index (χ3v) is 5.05. The molecule has 0 radical (unpaired) electrons. The average Bonchev–Trinajstić information content (AvgIpc) is 3.08. The van der Waals surface area contributed by atoms with Crippen LogP contribution in [0.4, 0.5) is 0 Å². The summed E-state index contributed by atoms with van der Waals surface area (Å²) in [5.41, 5.74) is 0.711. The molecule has 0 saturated heterocycles. The first-order valence-electron chi connectivity index (χ1n) is 7.75. The van der Waals surface area contributed by atoms with Crippen LogP contribution in [0.2, 0.25) is 0 Å². The van der Waals surface area contributed by atoms with Crippen LogP contribution in [0.3, 0.4) is 0 Å². The molecular formula is C19H21N2OS+. The van der Waals surface area contributed by atoms with E-state index in [2.05, 4.69) is 43.0 Å². The van der Waals surface area contributed by atoms with E-state index in [9.17, 15) is 4.79 Å². The predicted octanol–water partition coefficient (Wildman–Crippen LogP) is 2.52. The van der Waals surface area contributed by atoms with Crippen molar-refractivity contribution in [2.24, 2.45) is 0 Å². The molecule has 0 fully saturated rings. The molecule has 0 aliphatic carbocycles. The van der Waals surface area contributed by atoms with Crippen LogP contribution < -0.4 is 10.2 Å². The van der Waals surface area contributed by atoms with Crippen molar-refractivity contribution in [1.82, 2.24) is 5.32 Å². The number of hydrogen-bond donors (Lipinski definition) is 2. The molecule has 4 heteroatoms. The van der Waals surface area contributed by atoms with Crippen LogP contribution in [0, 0.1) is 0 Å². The van der Waals surface area contributed by atoms with E-state index in [1.165, 1.54) is 9.78 Å². The summed E-state index contributed by atoms with van der Waals surface area (Å²) in [6.45, 7) is 0.633. The van der Waals surface area contributed by atoms with E-state index in [0.29, 0.717) is 12.1 Å². The second kappa shape index (κ2) is 6.94. The van der Waals surface area contributed by atoms with Gasteiger partial charge in [-0.25, -0.2) is 0 Å². The van der Waals surface area contributed by atoms with E-state index in [1.54, 1.807) is 11.3 Å². The van der Waals surface area contributed by atoms with Crippen LogP contribution >= 0.6 is 11.3 Å². The highest BCUT2D eigenvalue weighted by molar-refractivity contribution is 7.10. The van der Waals surface area contributed by atoms with Gasteiger partial charge in [-0.2, -0.15) is 0 Å². The quantitative estimate of drug-likeness (QED) is 0.742. The minimum atomic E-state index is -0.0152. The van der Waals surface area contributed by atoms with Gasteiger partial charge in [0.15, 0.2) is 0 Å². The second-order valence-corrected chi connectivity index (χ2v) is 6.90. The molecule has 0 aliphatic heterocycles. The lowest BCUT2D eigenvalue weighted by atomic mass is 10.1. The summed E-state index contributed by atoms with van der Waals surface area (Å²) in [5.74, 6) is -0.0152. The number of benzene rings is 2. The van der Waals surface area contributed by atoms with E-state index in [4.69, 9.17) is 0 Å². The zero-order valence-electron chi connectivity index (χ0n) is 13.4. The monoisotopic (exact) mass is 325 g/mol. The minimum Gasteiger partial charge on any atom is -0.346 e. The Morgan fingerprint density at radius 1 is 1.09 bits per heavy atom. The van der Waals surface area contributed by atoms with Crippen LogP contribution in [0.5, 0.6) is 0 Å². The van der Waals surface area contributed by atoms with Gasteiger partial charge in [0.1, 0.15) is 6.04 Å². The molecule has 2 aromatic carbocycles. The highest BCUT2D eigenvalue weighted by atomic mass is 32.1. The number of thiophene rings is 1. The van der Waals surface area contributed by atoms with Crippen molar-refractivity contribution in [2.75, 3.05) is 20.6 Å². The highest BCUT2D eigenvalue weighted by Crippen LogP contribution is 2.17. The fourth-order valence-electron chi connectivity index (χ4n) is 2.71. The van der Waals surface area contributed by atoms with E-state index < -0.39 is 0 Å². The van der Waals surface area contributed by atoms with Crippen molar-refractivity contribution in [3.05, 3.63) is 70.4 Å². The number of hydrogen-bond acceptors (Lipinski definition) is 2. The molecule has 2 N–H and O–H groups in total. The van der Waals surface area contributed by atoms with Gasteiger partial charge in [0.25, 0.3) is 5.91 Å². The normalized spacial score (nSPS) is 12.5. The lowest BCUT2D eigenvalue weighted by Gasteiger charge is -2.20. The maximum absolute atomic E-state index is 12.5. The molecule has 3 nitrogen and oxygen atoms in total. The Hall–Kier alpha value is -2.17. The maximum atomic E-state index is 12.5. The van der Waals surface area contributed by atoms with Crippen molar-refractivity contribution >= 4 is 28.0 Å². The zero-order chi connectivity index (χ0) is 16.2. The highest BCUT2D eigenvalue weighted by Gasteiger charge is 2.20. The number of amides is 1. The van der Waals surface area contributed by atoms with Crippen LogP contribution in [-0.2, 0) is 0 Å². The molecule has 118 valence electrons. The first-order chi connectivity index (χ1) is 11.1. The minimum absolute atomic E-state index is 0.0152. The second-order valence-electron chi connectivity index (χ2n) is 5.92. The van der Waals surface area contributed by atoms with Crippen LogP contribution in [0.1, 0.15) is 21.3 Å². The largest absolute Gasteiger partial charge is 0.346 e. The summed E-state index contributed by atoms with van der Waals surface area (Å²) in [5, 5.41) is 7.40. The van der Waals surface area contributed by atoms with E-state index in [0.717, 1.165) is 10.8 Å². The summed E-state index contributed by atoms with van der Waals surface area (Å²) in [6, 6.07) is 18.4. The van der Waals surface area contributed by atoms with Gasteiger partial charge in [0.05, 0.1) is 25.5 Å². The molecule has 1 amide bonds. The third kappa shape index (κ3) is 3.60. The van der Waals surface area contributed by atoms with Crippen molar-refractivity contribution < 1.29 is 9.69 Å². The summed E-state index contributed by atoms with van der Waals surface area (Å²) in [4.78, 5) is 15.1. The van der Waals surface area contributed by atoms with Gasteiger partial charge >= 0.3 is 0 Å². The fourth-order valence-corrected chi connectivity index (χ4v) is 3.66. The molecule has 0 aliphatic rings. The Kier molecular flexibility index (Phi) is 4.74. The fraction of sp³-hybridized carbons (Fsp3) is 0.211. The third-order valence-electron chi connectivity index (χ3n) is 4.06. The maximum Gasteiger partial charge on any atom is 0.251 e. The lowest BCUT2D eigenvalue weighted by molar-refractivity contribution is -0.890. The first kappa shape index (κ1) is 15.7. The van der Waals surface area contributed by atoms with E-state index >= 15 is 0 Å². The average molecular weight is 325 g/mol. The topological polar surface area (TPSA) is 33.5 Å². The van der Waals surface area contributed by atoms with Crippen LogP contribution in [-0.4, -0.2) is 26.5 Å². The molecule has 0 bridgehead atoms. The van der Waals surface area contributed by atoms with Crippen molar-refractivity contribution in [3.8, 4) is 0 Å². The van der Waals surface area contributed by atoms with Crippen LogP contribution in [0.25, 0.3) is 10.8 Å². The number of fused-ring (bicyclic) bond motifs is 1. The molecule has 3 rings (SSSR count). The molecule has 23 heavy (non-hydrogen) atoms. The molecule has 1 atom stereocenters. The summed E-state index contributed by atoms with van der Waals surface area (Å²) >= 11 is 1.74. The molecule has 0 saturated carbocycles. The zero-order valence-corrected chi connectivity index (χ0v) is 14.2. The Bertz CT molecular complexity index is 796. The molecule has 0 spiro atoms. The number of carbonyl (C=O) groups excluding carboxylic acids is 1. The predicted molar refractivity (Wildman–Crippen MR) is 96.2 cm³/mol. The van der Waals surface area contributed by atoms with E-state index in [1.807, 2.05) is 36.4 Å². The Labute approximate surface area is 140 Å². The number of likely N-dealkylation sites (N-methyl/N-ethyl adjacent to an activating group) is 1. The summed E-state index contributed by atoms with van der Waals surface area (Å²) in [6.07, 6.45) is 0. The van der Waals surface area contributed by atoms with E-state index in [-0.39, 0.29) is 11.9 Å². The van der Waals surface area contributed by atoms with Crippen molar-refractivity contribution in [1.29, 1.82) is 0 Å². The van der Waals surface area contributed by atoms with Gasteiger partial charge in [0, 0.05) is 5.56 Å². The summed E-state index contributed by atoms with van der Waals surface area (Å²) in [7, 11) is 4.24. The number of quaternary nitrogens is 1. The smallest absolute Gasteiger partial charge is 0.251 e. The van der Waals surface area contributed by atoms with Gasteiger partial charge < -0.3 is 10.2 Å². The SMILES string of the molecule is C[NH+](C)[C@@H](CNC(=O)c1ccc2ccccc2c1)c1cccs1. The van der Waals surface area contributed by atoms with Gasteiger partial charge in [-0.3, -0.25) is 4.79 Å². The number of carbonyl (C=O) groups is 1. The molecule has 3 aromatic rings. The Morgan fingerprint density at radius 3 is 2.57 bits per heavy atom. The Morgan fingerprint density at radius 2 is 1.87 bits per heavy atom. The molecular weight excluding hydrogens is 304 g/mol. The van der Waals surface area contributed by atoms with Gasteiger partial charge in [0.2, 0.25) is 0 Å². The molecule has 1 aromatic heterocycles. The number of nitrogens with one attached hydrogen (secondary N) is 2. The standard InChI is InChI=1S/C19H20N2OS/c1-21(2)17(18-8-5-11-23-18)13-20-19(22)16-10-9-14-6-3-4-7-15(14)12-16/h3-12,17H,13H2,1-2H3,(H,20,22)/p+1/t17-/m0/s1. The van der Waals surface area contributed by atoms with Gasteiger partial charge in [-0.05, 0) is 34.4 Å². The van der Waals surface area contributed by atoms with Crippen molar-refractivity contribution in [2.45, 2.75) is 6.04 Å². The first-order valence-corrected chi connectivity index (χ1v) is 8.63.